The third-order valence-electron chi connectivity index (χ3n) is 4.33. The number of Topliss-reactive ketones (excluding diaryl/α,β-unsaturated/α-hetero) is 4. The molecule has 0 aromatic carbocycles. The van der Waals surface area contributed by atoms with Crippen LogP contribution in [-0.4, -0.2) is 116 Å². The molecule has 20 heteroatoms. The van der Waals surface area contributed by atoms with E-state index in [1.165, 1.54) is 13.8 Å². The summed E-state index contributed by atoms with van der Waals surface area (Å²) in [4.78, 5) is 124. The number of rotatable bonds is 13. The molecule has 0 unspecified atom stereocenters. The van der Waals surface area contributed by atoms with Crippen LogP contribution in [-0.2, 0) is 57.5 Å². The SMILES string of the molecule is CC(=O)C(=O)NCC(=O)O.CC(=O)C(=O)N[C@@H](C)C(=O)O.CC(=O)C(=O)N[C@H](C(=O)O)C(C)C.CC(=O)C(=O)N[C@H](C)C(=O)O. The number of carboxylic acid groups (broad SMARTS) is 4. The van der Waals surface area contributed by atoms with E-state index >= 15 is 0 Å². The Kier molecular flexibility index (Phi) is 24.7. The lowest BCUT2D eigenvalue weighted by molar-refractivity contribution is -0.145. The molecule has 8 N–H and O–H groups in total. The molecule has 20 nitrogen and oxygen atoms in total. The molecule has 0 heterocycles. The molecule has 254 valence electrons. The van der Waals surface area contributed by atoms with Crippen molar-refractivity contribution in [1.82, 2.24) is 21.3 Å². The monoisotopic (exact) mass is 650 g/mol. The van der Waals surface area contributed by atoms with Crippen molar-refractivity contribution < 1.29 is 78.0 Å². The van der Waals surface area contributed by atoms with Gasteiger partial charge in [0, 0.05) is 27.7 Å². The summed E-state index contributed by atoms with van der Waals surface area (Å²) in [6, 6.07) is -3.05. The number of carbonyl (C=O) groups excluding carboxylic acids is 8. The lowest BCUT2D eigenvalue weighted by Crippen LogP contribution is -2.46. The second-order valence-corrected chi connectivity index (χ2v) is 8.90. The van der Waals surface area contributed by atoms with Gasteiger partial charge in [-0.25, -0.2) is 4.79 Å². The van der Waals surface area contributed by atoms with Crippen LogP contribution in [0.1, 0.15) is 55.4 Å². The third-order valence-corrected chi connectivity index (χ3v) is 4.33. The molecule has 45 heavy (non-hydrogen) atoms. The standard InChI is InChI=1S/C8H13NO4.2C6H9NO4.C5H7NO4/c1-4(2)6(8(12)13)9-7(11)5(3)10;2*1-3(6(10)11)7-5(9)4(2)8;1-3(7)5(10)6-2-4(8)9/h4,6H,1-3H3,(H,9,11)(H,12,13);2*3H,1-2H3,(H,7,9)(H,10,11);2H2,1H3,(H,6,10)(H,8,9)/t6-;2*3-;/m010./s1. The van der Waals surface area contributed by atoms with Crippen molar-refractivity contribution >= 4 is 70.6 Å². The molecule has 0 aromatic heterocycles. The average molecular weight is 651 g/mol. The van der Waals surface area contributed by atoms with Crippen LogP contribution in [0.25, 0.3) is 0 Å². The quantitative estimate of drug-likeness (QED) is 0.0915. The van der Waals surface area contributed by atoms with E-state index < -0.39 is 95.3 Å². The highest BCUT2D eigenvalue weighted by Crippen LogP contribution is 2.01. The van der Waals surface area contributed by atoms with Gasteiger partial charge in [0.05, 0.1) is 0 Å². The lowest BCUT2D eigenvalue weighted by Gasteiger charge is -2.16. The Bertz CT molecular complexity index is 1120. The molecule has 0 rings (SSSR count). The molecule has 0 aliphatic heterocycles. The van der Waals surface area contributed by atoms with Gasteiger partial charge in [-0.2, -0.15) is 0 Å². The fourth-order valence-electron chi connectivity index (χ4n) is 1.76. The number of hydrogen-bond donors (Lipinski definition) is 8. The molecule has 0 aliphatic carbocycles. The zero-order valence-electron chi connectivity index (χ0n) is 25.7. The number of ketones is 4. The Morgan fingerprint density at radius 2 is 0.756 bits per heavy atom. The second-order valence-electron chi connectivity index (χ2n) is 8.90. The number of carbonyl (C=O) groups is 12. The maximum Gasteiger partial charge on any atom is 0.326 e. The maximum absolute atomic E-state index is 10.8. The molecule has 0 bridgehead atoms. The van der Waals surface area contributed by atoms with Crippen molar-refractivity contribution in [2.45, 2.75) is 73.5 Å². The first-order valence-electron chi connectivity index (χ1n) is 12.4. The summed E-state index contributed by atoms with van der Waals surface area (Å²) < 4.78 is 0. The van der Waals surface area contributed by atoms with Crippen LogP contribution in [0.2, 0.25) is 0 Å². The predicted molar refractivity (Wildman–Crippen MR) is 148 cm³/mol. The molecular weight excluding hydrogens is 612 g/mol. The number of nitrogens with one attached hydrogen (secondary N) is 4. The summed E-state index contributed by atoms with van der Waals surface area (Å²) in [5.74, 6) is -11.1. The highest BCUT2D eigenvalue weighted by molar-refractivity contribution is 6.36. The van der Waals surface area contributed by atoms with Crippen molar-refractivity contribution in [3.63, 3.8) is 0 Å². The summed E-state index contributed by atoms with van der Waals surface area (Å²) in [6.45, 7) is 9.66. The van der Waals surface area contributed by atoms with Gasteiger partial charge in [-0.05, 0) is 19.8 Å². The van der Waals surface area contributed by atoms with Crippen LogP contribution in [0.15, 0.2) is 0 Å². The molecule has 4 amide bonds. The van der Waals surface area contributed by atoms with Gasteiger partial charge in [0.25, 0.3) is 23.6 Å². The van der Waals surface area contributed by atoms with Crippen molar-refractivity contribution in [2.75, 3.05) is 6.54 Å². The Balaban J connectivity index is -0.000000250. The lowest BCUT2D eigenvalue weighted by atomic mass is 10.0. The van der Waals surface area contributed by atoms with Crippen LogP contribution >= 0.6 is 0 Å². The third kappa shape index (κ3) is 27.0. The predicted octanol–water partition coefficient (Wildman–Crippen LogP) is -3.09. The minimum atomic E-state index is -1.17. The first-order chi connectivity index (χ1) is 20.3. The van der Waals surface area contributed by atoms with Crippen LogP contribution < -0.4 is 21.3 Å². The van der Waals surface area contributed by atoms with Gasteiger partial charge in [0.2, 0.25) is 23.1 Å². The topological polar surface area (TPSA) is 334 Å². The highest BCUT2D eigenvalue weighted by atomic mass is 16.4. The van der Waals surface area contributed by atoms with E-state index in [-0.39, 0.29) is 5.92 Å². The normalized spacial score (nSPS) is 11.2. The van der Waals surface area contributed by atoms with Gasteiger partial charge >= 0.3 is 23.9 Å². The summed E-state index contributed by atoms with van der Waals surface area (Å²) >= 11 is 0. The van der Waals surface area contributed by atoms with Crippen LogP contribution in [0.4, 0.5) is 0 Å². The minimum Gasteiger partial charge on any atom is -0.480 e. The average Bonchev–Trinajstić information content (AvgIpc) is 2.90. The van der Waals surface area contributed by atoms with Crippen LogP contribution in [0, 0.1) is 5.92 Å². The van der Waals surface area contributed by atoms with Gasteiger partial charge in [-0.15, -0.1) is 0 Å². The van der Waals surface area contributed by atoms with Crippen LogP contribution in [0.5, 0.6) is 0 Å². The summed E-state index contributed by atoms with van der Waals surface area (Å²) in [5.41, 5.74) is 0. The van der Waals surface area contributed by atoms with Gasteiger partial charge in [-0.3, -0.25) is 52.7 Å². The smallest absolute Gasteiger partial charge is 0.326 e. The molecule has 0 fully saturated rings. The van der Waals surface area contributed by atoms with Gasteiger partial charge in [0.15, 0.2) is 0 Å². The van der Waals surface area contributed by atoms with E-state index in [1.54, 1.807) is 13.8 Å². The molecule has 0 spiro atoms. The van der Waals surface area contributed by atoms with Crippen molar-refractivity contribution in [2.24, 2.45) is 5.92 Å². The first-order valence-corrected chi connectivity index (χ1v) is 12.4. The summed E-state index contributed by atoms with van der Waals surface area (Å²) in [7, 11) is 0. The fraction of sp³-hybridized carbons (Fsp3) is 0.520. The molecule has 0 saturated heterocycles. The molecule has 3 atom stereocenters. The number of amides is 4. The number of aliphatic carboxylic acids is 4. The Labute approximate surface area is 256 Å². The van der Waals surface area contributed by atoms with E-state index in [9.17, 15) is 57.5 Å². The number of hydrogen-bond acceptors (Lipinski definition) is 12. The zero-order chi connectivity index (χ0) is 36.8. The van der Waals surface area contributed by atoms with Gasteiger partial charge < -0.3 is 41.7 Å². The molecular formula is C25H38N4O16. The Morgan fingerprint density at radius 1 is 0.467 bits per heavy atom. The zero-order valence-corrected chi connectivity index (χ0v) is 25.7. The first kappa shape index (κ1) is 46.4. The maximum atomic E-state index is 10.8. The fourth-order valence-corrected chi connectivity index (χ4v) is 1.76. The van der Waals surface area contributed by atoms with Crippen molar-refractivity contribution in [3.8, 4) is 0 Å². The van der Waals surface area contributed by atoms with Crippen molar-refractivity contribution in [3.05, 3.63) is 0 Å². The van der Waals surface area contributed by atoms with E-state index in [4.69, 9.17) is 20.4 Å². The van der Waals surface area contributed by atoms with E-state index in [0.29, 0.717) is 0 Å². The van der Waals surface area contributed by atoms with Gasteiger partial charge in [-0.1, -0.05) is 13.8 Å². The Hall–Kier alpha value is -5.56. The largest absolute Gasteiger partial charge is 0.480 e. The number of carboxylic acids is 4. The molecule has 0 radical (unpaired) electrons. The minimum absolute atomic E-state index is 0.249. The van der Waals surface area contributed by atoms with Crippen LogP contribution in [0.3, 0.4) is 0 Å². The Morgan fingerprint density at radius 3 is 0.956 bits per heavy atom. The molecule has 0 aromatic rings. The highest BCUT2D eigenvalue weighted by Gasteiger charge is 2.24. The van der Waals surface area contributed by atoms with E-state index in [0.717, 1.165) is 27.7 Å². The molecule has 0 aliphatic rings. The van der Waals surface area contributed by atoms with Crippen molar-refractivity contribution in [1.29, 1.82) is 0 Å². The van der Waals surface area contributed by atoms with E-state index in [2.05, 4.69) is 5.32 Å². The molecule has 0 saturated carbocycles. The van der Waals surface area contributed by atoms with E-state index in [1.807, 2.05) is 16.0 Å². The summed E-state index contributed by atoms with van der Waals surface area (Å²) in [6.07, 6.45) is 0. The van der Waals surface area contributed by atoms with Gasteiger partial charge in [0.1, 0.15) is 24.7 Å². The summed E-state index contributed by atoms with van der Waals surface area (Å²) in [5, 5.41) is 41.2. The second kappa shape index (κ2) is 23.9.